The normalized spacial score (nSPS) is 20.2. The third kappa shape index (κ3) is 15.3. The van der Waals surface area contributed by atoms with Gasteiger partial charge in [-0.2, -0.15) is 0 Å². The van der Waals surface area contributed by atoms with Crippen molar-refractivity contribution in [2.75, 3.05) is 54.9 Å². The van der Waals surface area contributed by atoms with E-state index in [1.165, 1.54) is 50.4 Å². The van der Waals surface area contributed by atoms with Crippen LogP contribution in [0.3, 0.4) is 0 Å². The number of terminal acetylenes is 1. The number of hydrogen-bond donors (Lipinski definition) is 0. The molecule has 77 heavy (non-hydrogen) atoms. The zero-order chi connectivity index (χ0) is 57.7. The molecule has 0 spiro atoms. The summed E-state index contributed by atoms with van der Waals surface area (Å²) < 4.78 is 0. The molecule has 8 amide bonds. The Kier molecular flexibility index (Phi) is 23.8. The number of carbonyl (C=O) groups is 9. The third-order valence-electron chi connectivity index (χ3n) is 16.7. The molecule has 0 radical (unpaired) electrons. The van der Waals surface area contributed by atoms with Crippen molar-refractivity contribution in [2.24, 2.45) is 29.6 Å². The molecule has 0 saturated carbocycles. The minimum absolute atomic E-state index is 0.0875. The third-order valence-corrected chi connectivity index (χ3v) is 16.7. The standard InChI is InChI=1S/C60H94N8O9/c1-17-18-19-21-27-41(8)36-42(9)53(70)61(12)43(10)54(71)67-34-25-31-47(67)55(72)63(14)51(39(4)5)59(76)65(16)52(40(6)7)60(77)64(15)50(38(2)3)58(75)62(13)49(37-45-28-22-20-23-29-45)57(74)68-35-26-32-48(68)56(73)66-33-24-30-46(66)44(11)69/h1,20,22-23,28-29,38-43,46-52H,18-19,21,24-27,30-37H2,2-16H3/t41-,42+,43-,46-,47-,48-,49-,50+,51-,52-/m0/s1. The highest BCUT2D eigenvalue weighted by Crippen LogP contribution is 2.30. The van der Waals surface area contributed by atoms with Crippen LogP contribution in [0.2, 0.25) is 0 Å². The van der Waals surface area contributed by atoms with Crippen LogP contribution in [0, 0.1) is 41.9 Å². The van der Waals surface area contributed by atoms with Crippen LogP contribution in [-0.4, -0.2) is 195 Å². The fourth-order valence-electron chi connectivity index (χ4n) is 12.2. The van der Waals surface area contributed by atoms with Crippen LogP contribution >= 0.6 is 0 Å². The van der Waals surface area contributed by atoms with Gasteiger partial charge in [-0.1, -0.05) is 98.6 Å². The summed E-state index contributed by atoms with van der Waals surface area (Å²) in [7, 11) is 7.82. The van der Waals surface area contributed by atoms with Gasteiger partial charge in [0.05, 0.1) is 6.04 Å². The topological polar surface area (TPSA) is 180 Å². The largest absolute Gasteiger partial charge is 0.334 e. The van der Waals surface area contributed by atoms with E-state index in [9.17, 15) is 33.6 Å². The molecule has 1 aromatic carbocycles. The van der Waals surface area contributed by atoms with Gasteiger partial charge in [-0.15, -0.1) is 12.3 Å². The van der Waals surface area contributed by atoms with Crippen LogP contribution in [0.5, 0.6) is 0 Å². The van der Waals surface area contributed by atoms with E-state index in [4.69, 9.17) is 6.42 Å². The number of carbonyl (C=O) groups excluding carboxylic acids is 9. The maximum Gasteiger partial charge on any atom is 0.246 e. The number of benzene rings is 1. The Balaban J connectivity index is 1.54. The summed E-state index contributed by atoms with van der Waals surface area (Å²) >= 11 is 0. The fraction of sp³-hybridized carbons (Fsp3) is 0.717. The second kappa shape index (κ2) is 28.7. The van der Waals surface area contributed by atoms with E-state index in [1.807, 2.05) is 78.8 Å². The highest BCUT2D eigenvalue weighted by Gasteiger charge is 2.48. The van der Waals surface area contributed by atoms with Crippen molar-refractivity contribution in [2.45, 2.75) is 195 Å². The van der Waals surface area contributed by atoms with E-state index in [1.54, 1.807) is 37.9 Å². The van der Waals surface area contributed by atoms with E-state index in [2.05, 4.69) is 12.8 Å². The van der Waals surface area contributed by atoms with Crippen LogP contribution in [-0.2, 0) is 49.6 Å². The van der Waals surface area contributed by atoms with Crippen LogP contribution in [0.4, 0.5) is 0 Å². The number of Topliss-reactive ketones (excluding diaryl/α,β-unsaturated/α-hetero) is 1. The van der Waals surface area contributed by atoms with Gasteiger partial charge in [0.1, 0.15) is 42.3 Å². The van der Waals surface area contributed by atoms with E-state index in [-0.39, 0.29) is 35.8 Å². The molecular weight excluding hydrogens is 977 g/mol. The molecule has 0 bridgehead atoms. The zero-order valence-corrected chi connectivity index (χ0v) is 49.3. The summed E-state index contributed by atoms with van der Waals surface area (Å²) in [5.74, 6) is -1.75. The second-order valence-corrected chi connectivity index (χ2v) is 23.6. The molecule has 0 aliphatic carbocycles. The van der Waals surface area contributed by atoms with E-state index in [0.29, 0.717) is 70.5 Å². The molecule has 1 aromatic rings. The molecule has 17 nitrogen and oxygen atoms in total. The van der Waals surface area contributed by atoms with Crippen molar-refractivity contribution in [1.29, 1.82) is 0 Å². The van der Waals surface area contributed by atoms with E-state index in [0.717, 1.165) is 31.2 Å². The molecule has 3 fully saturated rings. The maximum absolute atomic E-state index is 15.1. The Bertz CT molecular complexity index is 2280. The van der Waals surface area contributed by atoms with Gasteiger partial charge in [0.15, 0.2) is 5.78 Å². The quantitative estimate of drug-likeness (QED) is 0.0869. The Morgan fingerprint density at radius 3 is 1.55 bits per heavy atom. The van der Waals surface area contributed by atoms with Gasteiger partial charge in [0.2, 0.25) is 47.3 Å². The van der Waals surface area contributed by atoms with Crippen molar-refractivity contribution < 1.29 is 43.2 Å². The predicted octanol–water partition coefficient (Wildman–Crippen LogP) is 5.77. The summed E-state index contributed by atoms with van der Waals surface area (Å²) in [5.41, 5.74) is 0.799. The first-order valence-corrected chi connectivity index (χ1v) is 28.4. The average Bonchev–Trinajstić information content (AvgIpc) is 4.21. The van der Waals surface area contributed by atoms with Gasteiger partial charge in [0, 0.05) is 73.6 Å². The summed E-state index contributed by atoms with van der Waals surface area (Å²) in [6, 6.07) is 2.11. The van der Waals surface area contributed by atoms with Crippen molar-refractivity contribution >= 4 is 53.0 Å². The number of hydrogen-bond acceptors (Lipinski definition) is 9. The number of nitrogens with zero attached hydrogens (tertiary/aromatic N) is 8. The molecule has 0 unspecified atom stereocenters. The van der Waals surface area contributed by atoms with Gasteiger partial charge in [0.25, 0.3) is 0 Å². The molecule has 3 aliphatic heterocycles. The van der Waals surface area contributed by atoms with Crippen molar-refractivity contribution in [3.05, 3.63) is 35.9 Å². The molecule has 428 valence electrons. The molecule has 10 atom stereocenters. The minimum Gasteiger partial charge on any atom is -0.334 e. The fourth-order valence-corrected chi connectivity index (χ4v) is 12.2. The van der Waals surface area contributed by atoms with Gasteiger partial charge >= 0.3 is 0 Å². The zero-order valence-electron chi connectivity index (χ0n) is 49.3. The predicted molar refractivity (Wildman–Crippen MR) is 298 cm³/mol. The molecule has 4 rings (SSSR count). The first-order chi connectivity index (χ1) is 36.2. The second-order valence-electron chi connectivity index (χ2n) is 23.6. The molecule has 0 N–H and O–H groups in total. The van der Waals surface area contributed by atoms with Crippen molar-refractivity contribution in [3.8, 4) is 12.3 Å². The molecule has 0 aromatic heterocycles. The lowest BCUT2D eigenvalue weighted by Gasteiger charge is -2.42. The van der Waals surface area contributed by atoms with Crippen molar-refractivity contribution in [1.82, 2.24) is 39.2 Å². The molecule has 3 heterocycles. The Morgan fingerprint density at radius 2 is 1.04 bits per heavy atom. The summed E-state index contributed by atoms with van der Waals surface area (Å²) in [6.45, 7) is 19.2. The number of rotatable bonds is 25. The number of likely N-dealkylation sites (tertiary alicyclic amines) is 3. The lowest BCUT2D eigenvalue weighted by atomic mass is 9.91. The van der Waals surface area contributed by atoms with Crippen LogP contribution in [0.1, 0.15) is 145 Å². The lowest BCUT2D eigenvalue weighted by Crippen LogP contribution is -2.62. The Hall–Kier alpha value is -5.79. The number of likely N-dealkylation sites (N-methyl/N-ethyl adjacent to an activating group) is 5. The summed E-state index contributed by atoms with van der Waals surface area (Å²) in [4.78, 5) is 141. The first kappa shape index (κ1) is 63.7. The number of amides is 8. The van der Waals surface area contributed by atoms with E-state index < -0.39 is 95.6 Å². The van der Waals surface area contributed by atoms with Crippen LogP contribution < -0.4 is 0 Å². The Morgan fingerprint density at radius 1 is 0.571 bits per heavy atom. The van der Waals surface area contributed by atoms with Crippen molar-refractivity contribution in [3.63, 3.8) is 0 Å². The lowest BCUT2D eigenvalue weighted by molar-refractivity contribution is -0.159. The van der Waals surface area contributed by atoms with Gasteiger partial charge in [-0.05, 0) is 94.4 Å². The molecule has 17 heteroatoms. The smallest absolute Gasteiger partial charge is 0.246 e. The summed E-state index contributed by atoms with van der Waals surface area (Å²) in [6.07, 6.45) is 13.1. The Labute approximate surface area is 461 Å². The average molecular weight is 1070 g/mol. The van der Waals surface area contributed by atoms with Gasteiger partial charge < -0.3 is 39.2 Å². The number of ketones is 1. The van der Waals surface area contributed by atoms with Crippen LogP contribution in [0.15, 0.2) is 30.3 Å². The molecule has 3 saturated heterocycles. The van der Waals surface area contributed by atoms with Gasteiger partial charge in [-0.3, -0.25) is 43.2 Å². The maximum atomic E-state index is 15.1. The number of unbranched alkanes of at least 4 members (excludes halogenated alkanes) is 2. The molecule has 3 aliphatic rings. The van der Waals surface area contributed by atoms with Crippen LogP contribution in [0.25, 0.3) is 0 Å². The highest BCUT2D eigenvalue weighted by molar-refractivity contribution is 5.98. The summed E-state index contributed by atoms with van der Waals surface area (Å²) in [5, 5.41) is 0. The SMILES string of the molecule is C#CCCCC[C@H](C)C[C@@H](C)C(=O)N(C)[C@@H](C)C(=O)N1CCC[C@H]1C(=O)N(C)[C@H](C(=O)N(C)[C@H](C(=O)N(C)[C@@H](C(=O)N(C)[C@@H](Cc1ccccc1)C(=O)N1CCC[C@H]1C(=O)N1CCC[C@H]1C(C)=O)C(C)C)C(C)C)C(C)C. The monoisotopic (exact) mass is 1070 g/mol. The van der Waals surface area contributed by atoms with E-state index >= 15 is 9.59 Å². The first-order valence-electron chi connectivity index (χ1n) is 28.4. The van der Waals surface area contributed by atoms with Gasteiger partial charge in [-0.25, -0.2) is 0 Å². The molecular formula is C60H94N8O9. The minimum atomic E-state index is -1.07. The highest BCUT2D eigenvalue weighted by atomic mass is 16.2.